The highest BCUT2D eigenvalue weighted by Gasteiger charge is 2.30. The first-order valence-electron chi connectivity index (χ1n) is 5.34. The lowest BCUT2D eigenvalue weighted by Gasteiger charge is -2.36. The van der Waals surface area contributed by atoms with Gasteiger partial charge in [-0.25, -0.2) is 0 Å². The maximum atomic E-state index is 8.96. The lowest BCUT2D eigenvalue weighted by Crippen LogP contribution is -2.49. The molecule has 0 aliphatic carbocycles. The fourth-order valence-electron chi connectivity index (χ4n) is 1.97. The number of hydrogen-bond acceptors (Lipinski definition) is 3. The summed E-state index contributed by atoms with van der Waals surface area (Å²) in [5.74, 6) is 0. The third kappa shape index (κ3) is 2.21. The number of halogens is 1. The van der Waals surface area contributed by atoms with E-state index < -0.39 is 5.54 Å². The second-order valence-electron chi connectivity index (χ2n) is 4.21. The van der Waals surface area contributed by atoms with E-state index in [0.717, 1.165) is 30.4 Å². The van der Waals surface area contributed by atoms with Crippen LogP contribution in [0.3, 0.4) is 0 Å². The number of rotatable bonds is 1. The molecule has 0 bridgehead atoms. The molecule has 1 aliphatic rings. The van der Waals surface area contributed by atoms with Crippen molar-refractivity contribution >= 4 is 21.6 Å². The van der Waals surface area contributed by atoms with Crippen molar-refractivity contribution in [2.24, 2.45) is 5.73 Å². The van der Waals surface area contributed by atoms with Crippen molar-refractivity contribution in [1.82, 2.24) is 0 Å². The van der Waals surface area contributed by atoms with Crippen LogP contribution < -0.4 is 10.6 Å². The zero-order valence-corrected chi connectivity index (χ0v) is 10.6. The van der Waals surface area contributed by atoms with Crippen LogP contribution in [-0.2, 0) is 0 Å². The van der Waals surface area contributed by atoms with E-state index >= 15 is 0 Å². The van der Waals surface area contributed by atoms with E-state index in [-0.39, 0.29) is 0 Å². The summed E-state index contributed by atoms with van der Waals surface area (Å²) < 4.78 is 1.09. The highest BCUT2D eigenvalue weighted by Crippen LogP contribution is 2.29. The number of anilines is 1. The molecule has 1 aromatic carbocycles. The molecule has 1 saturated heterocycles. The summed E-state index contributed by atoms with van der Waals surface area (Å²) in [5, 5.41) is 8.96. The number of nitrogens with two attached hydrogens (primary N) is 1. The first-order chi connectivity index (χ1) is 7.64. The zero-order valence-electron chi connectivity index (χ0n) is 8.99. The number of nitriles is 1. The van der Waals surface area contributed by atoms with Gasteiger partial charge in [-0.2, -0.15) is 5.26 Å². The molecule has 4 heteroatoms. The largest absolute Gasteiger partial charge is 0.370 e. The van der Waals surface area contributed by atoms with Gasteiger partial charge in [0.25, 0.3) is 0 Å². The Hall–Kier alpha value is -1.05. The van der Waals surface area contributed by atoms with E-state index in [2.05, 4.69) is 33.0 Å². The topological polar surface area (TPSA) is 53.1 Å². The molecule has 0 spiro atoms. The van der Waals surface area contributed by atoms with Gasteiger partial charge in [-0.05, 0) is 40.9 Å². The van der Waals surface area contributed by atoms with E-state index in [4.69, 9.17) is 11.0 Å². The number of nitrogens with zero attached hydrogens (tertiary/aromatic N) is 2. The van der Waals surface area contributed by atoms with Crippen molar-refractivity contribution in [1.29, 1.82) is 5.26 Å². The fraction of sp³-hybridized carbons (Fsp3) is 0.417. The molecule has 1 fully saturated rings. The average molecular weight is 280 g/mol. The third-order valence-electron chi connectivity index (χ3n) is 3.07. The fourth-order valence-corrected chi connectivity index (χ4v) is 2.50. The van der Waals surface area contributed by atoms with Crippen molar-refractivity contribution in [3.05, 3.63) is 28.7 Å². The predicted molar refractivity (Wildman–Crippen MR) is 68.1 cm³/mol. The zero-order chi connectivity index (χ0) is 11.6. The molecule has 0 aromatic heterocycles. The van der Waals surface area contributed by atoms with Gasteiger partial charge < -0.3 is 10.6 Å². The molecule has 2 rings (SSSR count). The van der Waals surface area contributed by atoms with Crippen LogP contribution in [0.5, 0.6) is 0 Å². The normalized spacial score (nSPS) is 19.2. The molecule has 1 aromatic rings. The monoisotopic (exact) mass is 279 g/mol. The van der Waals surface area contributed by atoms with E-state index in [1.807, 2.05) is 18.2 Å². The van der Waals surface area contributed by atoms with Crippen molar-refractivity contribution in [3.8, 4) is 6.07 Å². The van der Waals surface area contributed by atoms with Gasteiger partial charge in [0.1, 0.15) is 5.54 Å². The van der Waals surface area contributed by atoms with Gasteiger partial charge in [-0.3, -0.25) is 0 Å². The van der Waals surface area contributed by atoms with Crippen molar-refractivity contribution < 1.29 is 0 Å². The van der Waals surface area contributed by atoms with Crippen LogP contribution in [0, 0.1) is 11.3 Å². The van der Waals surface area contributed by atoms with Gasteiger partial charge in [0.05, 0.1) is 11.8 Å². The van der Waals surface area contributed by atoms with Crippen molar-refractivity contribution in [2.45, 2.75) is 18.4 Å². The molecule has 1 heterocycles. The lowest BCUT2D eigenvalue weighted by atomic mass is 9.90. The summed E-state index contributed by atoms with van der Waals surface area (Å²) in [6.45, 7) is 1.68. The second kappa shape index (κ2) is 4.44. The molecule has 0 unspecified atom stereocenters. The molecular formula is C12H14BrN3. The molecule has 0 amide bonds. The molecule has 2 N–H and O–H groups in total. The van der Waals surface area contributed by atoms with Gasteiger partial charge >= 0.3 is 0 Å². The van der Waals surface area contributed by atoms with E-state index in [1.54, 1.807) is 0 Å². The Morgan fingerprint density at radius 3 is 2.50 bits per heavy atom. The Labute approximate surface area is 104 Å². The Morgan fingerprint density at radius 2 is 1.94 bits per heavy atom. The Balaban J connectivity index is 2.11. The van der Waals surface area contributed by atoms with Gasteiger partial charge in [0.15, 0.2) is 0 Å². The van der Waals surface area contributed by atoms with Crippen LogP contribution in [0.25, 0.3) is 0 Å². The quantitative estimate of drug-likeness (QED) is 0.858. The minimum absolute atomic E-state index is 0.627. The van der Waals surface area contributed by atoms with Crippen LogP contribution in [-0.4, -0.2) is 18.6 Å². The molecule has 0 atom stereocenters. The molecule has 3 nitrogen and oxygen atoms in total. The van der Waals surface area contributed by atoms with E-state index in [9.17, 15) is 0 Å². The van der Waals surface area contributed by atoms with E-state index in [0.29, 0.717) is 0 Å². The molecule has 1 aliphatic heterocycles. The standard InChI is InChI=1S/C12H14BrN3/c13-10-3-1-2-4-11(10)16-7-5-12(15,9-14)6-8-16/h1-4H,5-8,15H2. The van der Waals surface area contributed by atoms with Gasteiger partial charge in [0.2, 0.25) is 0 Å². The minimum Gasteiger partial charge on any atom is -0.370 e. The third-order valence-corrected chi connectivity index (χ3v) is 3.74. The predicted octanol–water partition coefficient (Wildman–Crippen LogP) is 2.27. The first kappa shape index (κ1) is 11.4. The summed E-state index contributed by atoms with van der Waals surface area (Å²) in [5.41, 5.74) is 6.49. The molecule has 0 saturated carbocycles. The summed E-state index contributed by atoms with van der Waals surface area (Å²) in [7, 11) is 0. The number of piperidine rings is 1. The van der Waals surface area contributed by atoms with Crippen LogP contribution >= 0.6 is 15.9 Å². The van der Waals surface area contributed by atoms with Crippen molar-refractivity contribution in [2.75, 3.05) is 18.0 Å². The Bertz CT molecular complexity index is 417. The molecule has 16 heavy (non-hydrogen) atoms. The number of hydrogen-bond donors (Lipinski definition) is 1. The number of para-hydroxylation sites is 1. The highest BCUT2D eigenvalue weighted by atomic mass is 79.9. The van der Waals surface area contributed by atoms with Gasteiger partial charge in [-0.15, -0.1) is 0 Å². The smallest absolute Gasteiger partial charge is 0.107 e. The molecule has 0 radical (unpaired) electrons. The van der Waals surface area contributed by atoms with Gasteiger partial charge in [0, 0.05) is 17.6 Å². The lowest BCUT2D eigenvalue weighted by molar-refractivity contribution is 0.415. The number of benzene rings is 1. The Kier molecular flexibility index (Phi) is 3.17. The van der Waals surface area contributed by atoms with Crippen LogP contribution in [0.15, 0.2) is 28.7 Å². The summed E-state index contributed by atoms with van der Waals surface area (Å²) in [6, 6.07) is 10.3. The van der Waals surface area contributed by atoms with Gasteiger partial charge in [-0.1, -0.05) is 12.1 Å². The maximum absolute atomic E-state index is 8.96. The molecular weight excluding hydrogens is 266 g/mol. The van der Waals surface area contributed by atoms with Crippen molar-refractivity contribution in [3.63, 3.8) is 0 Å². The summed E-state index contributed by atoms with van der Waals surface area (Å²) >= 11 is 3.54. The minimum atomic E-state index is -0.627. The summed E-state index contributed by atoms with van der Waals surface area (Å²) in [4.78, 5) is 2.27. The average Bonchev–Trinajstić information content (AvgIpc) is 2.31. The SMILES string of the molecule is N#CC1(N)CCN(c2ccccc2Br)CC1. The molecule has 84 valence electrons. The van der Waals surface area contributed by atoms with Crippen LogP contribution in [0.2, 0.25) is 0 Å². The van der Waals surface area contributed by atoms with Crippen LogP contribution in [0.4, 0.5) is 5.69 Å². The Morgan fingerprint density at radius 1 is 1.31 bits per heavy atom. The first-order valence-corrected chi connectivity index (χ1v) is 6.13. The van der Waals surface area contributed by atoms with Crippen LogP contribution in [0.1, 0.15) is 12.8 Å². The highest BCUT2D eigenvalue weighted by molar-refractivity contribution is 9.10. The maximum Gasteiger partial charge on any atom is 0.107 e. The summed E-state index contributed by atoms with van der Waals surface area (Å²) in [6.07, 6.45) is 1.45. The second-order valence-corrected chi connectivity index (χ2v) is 5.06. The van der Waals surface area contributed by atoms with E-state index in [1.165, 1.54) is 5.69 Å².